The van der Waals surface area contributed by atoms with Gasteiger partial charge in [-0.15, -0.1) is 0 Å². The maximum Gasteiger partial charge on any atom is -0.00199 e. The van der Waals surface area contributed by atoms with Crippen LogP contribution in [0.3, 0.4) is 0 Å². The minimum atomic E-state index is 1.25. The second kappa shape index (κ2) is 9.76. The van der Waals surface area contributed by atoms with Crippen LogP contribution >= 0.6 is 0 Å². The minimum Gasteiger partial charge on any atom is -0.0616 e. The highest BCUT2D eigenvalue weighted by Crippen LogP contribution is 2.47. The molecular weight excluding hydrogens is 553 g/mol. The van der Waals surface area contributed by atoms with Gasteiger partial charge in [-0.1, -0.05) is 133 Å². The first kappa shape index (κ1) is 25.4. The molecule has 0 aliphatic carbocycles. The van der Waals surface area contributed by atoms with Gasteiger partial charge < -0.3 is 0 Å². The number of hydrogen-bond acceptors (Lipinski definition) is 0. The number of benzene rings is 10. The predicted molar refractivity (Wildman–Crippen MR) is 200 cm³/mol. The van der Waals surface area contributed by atoms with Gasteiger partial charge in [0.05, 0.1) is 0 Å². The summed E-state index contributed by atoms with van der Waals surface area (Å²) >= 11 is 0. The topological polar surface area (TPSA) is 0 Å². The van der Waals surface area contributed by atoms with E-state index in [1.165, 1.54) is 97.7 Å². The molecule has 0 N–H and O–H groups in total. The van der Waals surface area contributed by atoms with E-state index < -0.39 is 0 Å². The number of hydrogen-bond donors (Lipinski definition) is 0. The fraction of sp³-hybridized carbons (Fsp3) is 0. The lowest BCUT2D eigenvalue weighted by Crippen LogP contribution is -1.92. The van der Waals surface area contributed by atoms with Crippen LogP contribution in [0.4, 0.5) is 0 Å². The third-order valence-electron chi connectivity index (χ3n) is 9.92. The van der Waals surface area contributed by atoms with Crippen molar-refractivity contribution >= 4 is 75.4 Å². The molecule has 0 heteroatoms. The van der Waals surface area contributed by atoms with E-state index in [2.05, 4.69) is 170 Å². The summed E-state index contributed by atoms with van der Waals surface area (Å²) in [6.45, 7) is 0. The lowest BCUT2D eigenvalue weighted by atomic mass is 9.83. The summed E-state index contributed by atoms with van der Waals surface area (Å²) in [6.07, 6.45) is 0. The molecule has 0 unspecified atom stereocenters. The van der Waals surface area contributed by atoms with Crippen molar-refractivity contribution in [1.29, 1.82) is 0 Å². The van der Waals surface area contributed by atoms with Crippen LogP contribution in [0.5, 0.6) is 0 Å². The van der Waals surface area contributed by atoms with Gasteiger partial charge >= 0.3 is 0 Å². The Kier molecular flexibility index (Phi) is 5.38. The molecule has 0 bridgehead atoms. The first-order valence-electron chi connectivity index (χ1n) is 16.0. The fourth-order valence-corrected chi connectivity index (χ4v) is 7.83. The maximum absolute atomic E-state index is 2.43. The van der Waals surface area contributed by atoms with Crippen molar-refractivity contribution < 1.29 is 0 Å². The average Bonchev–Trinajstić information content (AvgIpc) is 3.11. The van der Waals surface area contributed by atoms with Crippen LogP contribution in [0.25, 0.3) is 97.7 Å². The van der Waals surface area contributed by atoms with E-state index in [1.54, 1.807) is 0 Å². The van der Waals surface area contributed by atoms with E-state index >= 15 is 0 Å². The summed E-state index contributed by atoms with van der Waals surface area (Å²) in [4.78, 5) is 0. The normalized spacial score (nSPS) is 11.9. The summed E-state index contributed by atoms with van der Waals surface area (Å²) < 4.78 is 0. The number of fused-ring (bicyclic) bond motifs is 8. The molecule has 10 aromatic carbocycles. The van der Waals surface area contributed by atoms with Crippen molar-refractivity contribution in [3.05, 3.63) is 170 Å². The van der Waals surface area contributed by atoms with E-state index in [-0.39, 0.29) is 0 Å². The highest BCUT2D eigenvalue weighted by Gasteiger charge is 2.19. The van der Waals surface area contributed by atoms with Crippen LogP contribution in [-0.2, 0) is 0 Å². The van der Waals surface area contributed by atoms with Gasteiger partial charge in [-0.3, -0.25) is 0 Å². The number of rotatable bonds is 2. The SMILES string of the molecule is c1ccc2cc3cc(-c4c5ccccc5c(-c5cc6cc7ccccc7cc6c6ccccc56)c5ccccc45)ccc3cc2c1. The van der Waals surface area contributed by atoms with Gasteiger partial charge in [0.15, 0.2) is 0 Å². The second-order valence-corrected chi connectivity index (χ2v) is 12.5. The Hall–Kier alpha value is -5.98. The van der Waals surface area contributed by atoms with Crippen LogP contribution in [0.1, 0.15) is 0 Å². The van der Waals surface area contributed by atoms with Crippen LogP contribution in [0, 0.1) is 0 Å². The Balaban J connectivity index is 1.32. The zero-order valence-corrected chi connectivity index (χ0v) is 25.2. The molecule has 0 spiro atoms. The van der Waals surface area contributed by atoms with Crippen molar-refractivity contribution in [3.8, 4) is 22.3 Å². The van der Waals surface area contributed by atoms with Crippen LogP contribution in [0.15, 0.2) is 170 Å². The molecule has 10 aromatic rings. The zero-order valence-electron chi connectivity index (χ0n) is 25.2. The zero-order chi connectivity index (χ0) is 30.2. The van der Waals surface area contributed by atoms with E-state index in [0.29, 0.717) is 0 Å². The summed E-state index contributed by atoms with van der Waals surface area (Å²) in [5.41, 5.74) is 5.12. The average molecular weight is 581 g/mol. The Labute approximate surface area is 266 Å². The highest BCUT2D eigenvalue weighted by atomic mass is 14.2. The first-order valence-corrected chi connectivity index (χ1v) is 16.0. The molecule has 0 radical (unpaired) electrons. The van der Waals surface area contributed by atoms with Crippen molar-refractivity contribution in [2.75, 3.05) is 0 Å². The Morgan fingerprint density at radius 2 is 0.652 bits per heavy atom. The first-order chi connectivity index (χ1) is 22.8. The largest absolute Gasteiger partial charge is 0.0616 e. The Bertz CT molecular complexity index is 2800. The molecule has 10 rings (SSSR count). The summed E-state index contributed by atoms with van der Waals surface area (Å²) in [5.74, 6) is 0. The molecule has 0 nitrogen and oxygen atoms in total. The van der Waals surface area contributed by atoms with Crippen LogP contribution in [0.2, 0.25) is 0 Å². The molecule has 0 saturated carbocycles. The van der Waals surface area contributed by atoms with Crippen molar-refractivity contribution in [2.45, 2.75) is 0 Å². The van der Waals surface area contributed by atoms with Crippen molar-refractivity contribution in [1.82, 2.24) is 0 Å². The fourth-order valence-electron chi connectivity index (χ4n) is 7.83. The van der Waals surface area contributed by atoms with Gasteiger partial charge in [-0.05, 0) is 134 Å². The van der Waals surface area contributed by atoms with Gasteiger partial charge in [0.25, 0.3) is 0 Å². The van der Waals surface area contributed by atoms with Gasteiger partial charge in [0.2, 0.25) is 0 Å². The minimum absolute atomic E-state index is 1.25. The predicted octanol–water partition coefficient (Wildman–Crippen LogP) is 13.1. The third kappa shape index (κ3) is 3.74. The maximum atomic E-state index is 2.43. The van der Waals surface area contributed by atoms with E-state index in [1.807, 2.05) is 0 Å². The second-order valence-electron chi connectivity index (χ2n) is 12.5. The van der Waals surface area contributed by atoms with Crippen LogP contribution < -0.4 is 0 Å². The summed E-state index contributed by atoms with van der Waals surface area (Å²) in [6, 6.07) is 63.0. The Morgan fingerprint density at radius 3 is 1.26 bits per heavy atom. The standard InChI is InChI=1S/C46H28/c1-2-12-30-24-35-26-34(22-21-33(35)23-29(30)11-1)45-39-17-7-9-19-41(39)46(42-20-10-8-18-40(42)45)44-28-36-25-31-13-3-4-14-32(31)27-43(36)37-15-5-6-16-38(37)44/h1-28H. The van der Waals surface area contributed by atoms with E-state index in [0.717, 1.165) is 0 Å². The highest BCUT2D eigenvalue weighted by molar-refractivity contribution is 6.26. The quantitative estimate of drug-likeness (QED) is 0.141. The molecule has 0 aliphatic heterocycles. The monoisotopic (exact) mass is 580 g/mol. The molecular formula is C46H28. The molecule has 0 saturated heterocycles. The molecule has 46 heavy (non-hydrogen) atoms. The molecule has 0 amide bonds. The Morgan fingerprint density at radius 1 is 0.217 bits per heavy atom. The summed E-state index contributed by atoms with van der Waals surface area (Å²) in [5, 5.41) is 17.9. The van der Waals surface area contributed by atoms with E-state index in [9.17, 15) is 0 Å². The molecule has 0 aromatic heterocycles. The molecule has 0 heterocycles. The van der Waals surface area contributed by atoms with Crippen molar-refractivity contribution in [3.63, 3.8) is 0 Å². The third-order valence-corrected chi connectivity index (χ3v) is 9.92. The molecule has 0 atom stereocenters. The molecule has 0 aliphatic rings. The van der Waals surface area contributed by atoms with Gasteiger partial charge in [-0.2, -0.15) is 0 Å². The lowest BCUT2D eigenvalue weighted by Gasteiger charge is -2.20. The van der Waals surface area contributed by atoms with Crippen LogP contribution in [-0.4, -0.2) is 0 Å². The van der Waals surface area contributed by atoms with E-state index in [4.69, 9.17) is 0 Å². The van der Waals surface area contributed by atoms with Gasteiger partial charge in [0, 0.05) is 0 Å². The van der Waals surface area contributed by atoms with Gasteiger partial charge in [-0.25, -0.2) is 0 Å². The lowest BCUT2D eigenvalue weighted by molar-refractivity contribution is 1.69. The van der Waals surface area contributed by atoms with Gasteiger partial charge in [0.1, 0.15) is 0 Å². The molecule has 0 fully saturated rings. The molecule has 212 valence electrons. The summed E-state index contributed by atoms with van der Waals surface area (Å²) in [7, 11) is 0. The smallest absolute Gasteiger partial charge is 0.00199 e. The van der Waals surface area contributed by atoms with Crippen molar-refractivity contribution in [2.24, 2.45) is 0 Å².